The van der Waals surface area contributed by atoms with E-state index in [1.807, 2.05) is 38.1 Å². The Morgan fingerprint density at radius 2 is 1.93 bits per heavy atom. The summed E-state index contributed by atoms with van der Waals surface area (Å²) in [6, 6.07) is 14.7. The molecule has 8 nitrogen and oxygen atoms in total. The molecule has 0 fully saturated rings. The first kappa shape index (κ1) is 21.3. The van der Waals surface area contributed by atoms with Gasteiger partial charge in [-0.25, -0.2) is 0 Å². The number of nitrogens with one attached hydrogen (secondary N) is 3. The quantitative estimate of drug-likeness (QED) is 0.482. The van der Waals surface area contributed by atoms with Crippen LogP contribution >= 0.6 is 12.2 Å². The first-order valence-corrected chi connectivity index (χ1v) is 9.88. The molecule has 1 heterocycles. The van der Waals surface area contributed by atoms with E-state index in [1.54, 1.807) is 28.8 Å². The standard InChI is InChI=1S/C21H23N5O3S/c1-3-22-19(28)13-29-17-6-4-5-16(11-17)23-18(27)12-26-20(24-25-21(26)30)15-9-7-14(2)8-10-15/h4-11H,3,12-13H2,1-2H3,(H,22,28)(H,23,27)(H,25,30). The molecule has 0 radical (unpaired) electrons. The Morgan fingerprint density at radius 3 is 2.67 bits per heavy atom. The molecule has 2 aromatic carbocycles. The number of carbonyl (C=O) groups excluding carboxylic acids is 2. The minimum absolute atomic E-state index is 0.00251. The summed E-state index contributed by atoms with van der Waals surface area (Å²) in [5.41, 5.74) is 2.55. The van der Waals surface area contributed by atoms with Crippen LogP contribution in [0.25, 0.3) is 11.4 Å². The third-order valence-electron chi connectivity index (χ3n) is 4.23. The van der Waals surface area contributed by atoms with Crippen molar-refractivity contribution in [2.24, 2.45) is 0 Å². The second kappa shape index (κ2) is 9.84. The zero-order valence-electron chi connectivity index (χ0n) is 16.8. The van der Waals surface area contributed by atoms with Gasteiger partial charge < -0.3 is 15.4 Å². The number of benzene rings is 2. The summed E-state index contributed by atoms with van der Waals surface area (Å²) in [4.78, 5) is 24.1. The number of H-pyrrole nitrogens is 1. The topological polar surface area (TPSA) is 101 Å². The largest absolute Gasteiger partial charge is 0.484 e. The summed E-state index contributed by atoms with van der Waals surface area (Å²) in [7, 11) is 0. The number of rotatable bonds is 8. The Labute approximate surface area is 179 Å². The second-order valence-corrected chi connectivity index (χ2v) is 7.01. The van der Waals surface area contributed by atoms with Gasteiger partial charge in [-0.05, 0) is 38.2 Å². The molecular formula is C21H23N5O3S. The van der Waals surface area contributed by atoms with Crippen LogP contribution in [-0.2, 0) is 16.1 Å². The van der Waals surface area contributed by atoms with Gasteiger partial charge in [-0.2, -0.15) is 5.10 Å². The van der Waals surface area contributed by atoms with Gasteiger partial charge in [0.1, 0.15) is 12.3 Å². The highest BCUT2D eigenvalue weighted by molar-refractivity contribution is 7.71. The van der Waals surface area contributed by atoms with Crippen LogP contribution in [-0.4, -0.2) is 39.7 Å². The molecule has 0 atom stereocenters. The molecule has 3 aromatic rings. The molecule has 0 aliphatic heterocycles. The number of ether oxygens (including phenoxy) is 1. The van der Waals surface area contributed by atoms with E-state index >= 15 is 0 Å². The third-order valence-corrected chi connectivity index (χ3v) is 4.54. The Kier molecular flexibility index (Phi) is 6.97. The summed E-state index contributed by atoms with van der Waals surface area (Å²) in [5.74, 6) is 0.611. The number of hydrogen-bond donors (Lipinski definition) is 3. The summed E-state index contributed by atoms with van der Waals surface area (Å²) < 4.78 is 7.46. The van der Waals surface area contributed by atoms with Crippen molar-refractivity contribution in [3.63, 3.8) is 0 Å². The fourth-order valence-electron chi connectivity index (χ4n) is 2.79. The summed E-state index contributed by atoms with van der Waals surface area (Å²) in [6.07, 6.45) is 0. The number of aromatic amines is 1. The maximum absolute atomic E-state index is 12.6. The number of anilines is 1. The van der Waals surface area contributed by atoms with Crippen molar-refractivity contribution in [3.8, 4) is 17.1 Å². The monoisotopic (exact) mass is 425 g/mol. The summed E-state index contributed by atoms with van der Waals surface area (Å²) in [5, 5.41) is 12.5. The molecule has 0 unspecified atom stereocenters. The van der Waals surface area contributed by atoms with Crippen LogP contribution in [0, 0.1) is 11.7 Å². The molecule has 1 aromatic heterocycles. The highest BCUT2D eigenvalue weighted by Gasteiger charge is 2.13. The zero-order valence-corrected chi connectivity index (χ0v) is 17.6. The Bertz CT molecular complexity index is 1090. The van der Waals surface area contributed by atoms with E-state index in [0.717, 1.165) is 11.1 Å². The second-order valence-electron chi connectivity index (χ2n) is 6.62. The van der Waals surface area contributed by atoms with Gasteiger partial charge in [-0.15, -0.1) is 0 Å². The van der Waals surface area contributed by atoms with Crippen LogP contribution in [0.5, 0.6) is 5.75 Å². The highest BCUT2D eigenvalue weighted by atomic mass is 32.1. The first-order chi connectivity index (χ1) is 14.5. The molecule has 3 N–H and O–H groups in total. The molecule has 0 aliphatic rings. The molecule has 9 heteroatoms. The van der Waals surface area contributed by atoms with E-state index in [9.17, 15) is 9.59 Å². The van der Waals surface area contributed by atoms with Gasteiger partial charge in [-0.1, -0.05) is 35.9 Å². The van der Waals surface area contributed by atoms with Crippen LogP contribution in [0.4, 0.5) is 5.69 Å². The Morgan fingerprint density at radius 1 is 1.17 bits per heavy atom. The maximum Gasteiger partial charge on any atom is 0.257 e. The van der Waals surface area contributed by atoms with E-state index in [-0.39, 0.29) is 25.0 Å². The first-order valence-electron chi connectivity index (χ1n) is 9.48. The van der Waals surface area contributed by atoms with Gasteiger partial charge in [-0.3, -0.25) is 19.3 Å². The zero-order chi connectivity index (χ0) is 21.5. The lowest BCUT2D eigenvalue weighted by atomic mass is 10.1. The number of aryl methyl sites for hydroxylation is 1. The smallest absolute Gasteiger partial charge is 0.257 e. The van der Waals surface area contributed by atoms with E-state index in [2.05, 4.69) is 20.8 Å². The van der Waals surface area contributed by atoms with Crippen molar-refractivity contribution < 1.29 is 14.3 Å². The molecule has 0 saturated heterocycles. The average molecular weight is 426 g/mol. The maximum atomic E-state index is 12.6. The van der Waals surface area contributed by atoms with Crippen LogP contribution in [0.2, 0.25) is 0 Å². The third kappa shape index (κ3) is 5.54. The van der Waals surface area contributed by atoms with Gasteiger partial charge in [0.2, 0.25) is 5.91 Å². The molecule has 0 saturated carbocycles. The summed E-state index contributed by atoms with van der Waals surface area (Å²) >= 11 is 5.29. The Balaban J connectivity index is 1.67. The minimum atomic E-state index is -0.262. The van der Waals surface area contributed by atoms with Gasteiger partial charge >= 0.3 is 0 Å². The van der Waals surface area contributed by atoms with Crippen LogP contribution < -0.4 is 15.4 Å². The average Bonchev–Trinajstić information content (AvgIpc) is 3.08. The predicted octanol–water partition coefficient (Wildman–Crippen LogP) is 3.07. The van der Waals surface area contributed by atoms with Crippen molar-refractivity contribution >= 4 is 29.7 Å². The number of aromatic nitrogens is 3. The van der Waals surface area contributed by atoms with Crippen molar-refractivity contribution in [3.05, 3.63) is 58.9 Å². The lowest BCUT2D eigenvalue weighted by Crippen LogP contribution is -2.28. The highest BCUT2D eigenvalue weighted by Crippen LogP contribution is 2.19. The molecular weight excluding hydrogens is 402 g/mol. The molecule has 0 aliphatic carbocycles. The van der Waals surface area contributed by atoms with Crippen LogP contribution in [0.1, 0.15) is 12.5 Å². The van der Waals surface area contributed by atoms with Crippen molar-refractivity contribution in [2.45, 2.75) is 20.4 Å². The normalized spacial score (nSPS) is 10.5. The van der Waals surface area contributed by atoms with Crippen molar-refractivity contribution in [1.82, 2.24) is 20.1 Å². The van der Waals surface area contributed by atoms with Crippen molar-refractivity contribution in [2.75, 3.05) is 18.5 Å². The van der Waals surface area contributed by atoms with Gasteiger partial charge in [0.15, 0.2) is 17.2 Å². The van der Waals surface area contributed by atoms with E-state index in [1.165, 1.54) is 0 Å². The number of likely N-dealkylation sites (N-methyl/N-ethyl adjacent to an activating group) is 1. The number of hydrogen-bond acceptors (Lipinski definition) is 5. The predicted molar refractivity (Wildman–Crippen MR) is 117 cm³/mol. The van der Waals surface area contributed by atoms with Gasteiger partial charge in [0, 0.05) is 23.9 Å². The minimum Gasteiger partial charge on any atom is -0.484 e. The van der Waals surface area contributed by atoms with Crippen LogP contribution in [0.3, 0.4) is 0 Å². The molecule has 30 heavy (non-hydrogen) atoms. The number of carbonyl (C=O) groups is 2. The Hall–Kier alpha value is -3.46. The van der Waals surface area contributed by atoms with Gasteiger partial charge in [0.25, 0.3) is 5.91 Å². The van der Waals surface area contributed by atoms with E-state index < -0.39 is 0 Å². The molecule has 3 rings (SSSR count). The van der Waals surface area contributed by atoms with Gasteiger partial charge in [0.05, 0.1) is 0 Å². The molecule has 156 valence electrons. The fourth-order valence-corrected chi connectivity index (χ4v) is 2.99. The molecule has 2 amide bonds. The van der Waals surface area contributed by atoms with Crippen molar-refractivity contribution in [1.29, 1.82) is 0 Å². The fraction of sp³-hybridized carbons (Fsp3) is 0.238. The molecule has 0 bridgehead atoms. The lowest BCUT2D eigenvalue weighted by molar-refractivity contribution is -0.123. The molecule has 0 spiro atoms. The van der Waals surface area contributed by atoms with E-state index in [4.69, 9.17) is 17.0 Å². The van der Waals surface area contributed by atoms with Crippen LogP contribution in [0.15, 0.2) is 48.5 Å². The number of amides is 2. The summed E-state index contributed by atoms with van der Waals surface area (Å²) in [6.45, 7) is 4.30. The van der Waals surface area contributed by atoms with E-state index in [0.29, 0.717) is 28.6 Å². The number of nitrogens with zero attached hydrogens (tertiary/aromatic N) is 2. The lowest BCUT2D eigenvalue weighted by Gasteiger charge is -2.10. The SMILES string of the molecule is CCNC(=O)COc1cccc(NC(=O)Cn2c(-c3ccc(C)cc3)n[nH]c2=S)c1.